The van der Waals surface area contributed by atoms with Gasteiger partial charge in [0.1, 0.15) is 11.8 Å². The highest BCUT2D eigenvalue weighted by molar-refractivity contribution is 6.33. The van der Waals surface area contributed by atoms with Crippen LogP contribution in [0, 0.1) is 0 Å². The molecule has 4 rings (SSSR count). The highest BCUT2D eigenvalue weighted by Crippen LogP contribution is 2.40. The van der Waals surface area contributed by atoms with Crippen LogP contribution in [0.3, 0.4) is 0 Å². The van der Waals surface area contributed by atoms with Crippen LogP contribution in [0.5, 0.6) is 5.75 Å². The fourth-order valence-electron chi connectivity index (χ4n) is 4.19. The van der Waals surface area contributed by atoms with Gasteiger partial charge in [-0.05, 0) is 60.4 Å². The molecule has 5 nitrogen and oxygen atoms in total. The van der Waals surface area contributed by atoms with Crippen molar-refractivity contribution in [3.63, 3.8) is 0 Å². The Balaban J connectivity index is 1.65. The van der Waals surface area contributed by atoms with E-state index in [-0.39, 0.29) is 5.91 Å². The molecule has 1 amide bonds. The average Bonchev–Trinajstić information content (AvgIpc) is 3.24. The van der Waals surface area contributed by atoms with Crippen LogP contribution in [-0.2, 0) is 4.79 Å². The molecular weight excluding hydrogens is 449 g/mol. The number of hydrogen-bond donors (Lipinski definition) is 1. The van der Waals surface area contributed by atoms with Gasteiger partial charge < -0.3 is 14.7 Å². The van der Waals surface area contributed by atoms with Gasteiger partial charge in [-0.15, -0.1) is 0 Å². The molecule has 1 aliphatic rings. The molecule has 0 spiro atoms. The van der Waals surface area contributed by atoms with E-state index in [0.717, 1.165) is 16.7 Å². The molecule has 32 heavy (non-hydrogen) atoms. The first kappa shape index (κ1) is 22.2. The van der Waals surface area contributed by atoms with Gasteiger partial charge >= 0.3 is 5.97 Å². The summed E-state index contributed by atoms with van der Waals surface area (Å²) < 4.78 is 5.19. The van der Waals surface area contributed by atoms with Gasteiger partial charge in [0.2, 0.25) is 0 Å². The maximum Gasteiger partial charge on any atom is 0.326 e. The summed E-state index contributed by atoms with van der Waals surface area (Å²) in [7, 11) is 1.57. The lowest BCUT2D eigenvalue weighted by Gasteiger charge is -2.29. The first-order chi connectivity index (χ1) is 15.4. The molecule has 1 aliphatic heterocycles. The van der Waals surface area contributed by atoms with Crippen molar-refractivity contribution >= 4 is 35.1 Å². The van der Waals surface area contributed by atoms with Crippen LogP contribution in [0.2, 0.25) is 10.0 Å². The van der Waals surface area contributed by atoms with Crippen molar-refractivity contribution in [3.8, 4) is 16.9 Å². The predicted molar refractivity (Wildman–Crippen MR) is 124 cm³/mol. The Labute approximate surface area is 196 Å². The number of ether oxygens (including phenoxy) is 1. The molecule has 0 radical (unpaired) electrons. The Bertz CT molecular complexity index is 1160. The zero-order valence-electron chi connectivity index (χ0n) is 17.3. The predicted octanol–water partition coefficient (Wildman–Crippen LogP) is 6.10. The minimum absolute atomic E-state index is 0.341. The van der Waals surface area contributed by atoms with Gasteiger partial charge in [-0.1, -0.05) is 53.5 Å². The van der Waals surface area contributed by atoms with Crippen LogP contribution in [0.25, 0.3) is 11.1 Å². The number of nitrogens with zero attached hydrogens (tertiary/aromatic N) is 1. The molecule has 1 heterocycles. The second-order valence-electron chi connectivity index (χ2n) is 7.60. The van der Waals surface area contributed by atoms with Crippen LogP contribution >= 0.6 is 23.2 Å². The number of benzene rings is 3. The zero-order chi connectivity index (χ0) is 22.8. The van der Waals surface area contributed by atoms with Crippen molar-refractivity contribution in [2.75, 3.05) is 7.11 Å². The normalized spacial score (nSPS) is 17.9. The topological polar surface area (TPSA) is 66.8 Å². The Morgan fingerprint density at radius 1 is 0.969 bits per heavy atom. The lowest BCUT2D eigenvalue weighted by Crippen LogP contribution is -2.41. The Hall–Kier alpha value is -3.02. The third-order valence-corrected chi connectivity index (χ3v) is 6.44. The summed E-state index contributed by atoms with van der Waals surface area (Å²) in [5.74, 6) is -0.702. The molecule has 0 saturated carbocycles. The summed E-state index contributed by atoms with van der Waals surface area (Å²) in [6, 6.07) is 18.3. The van der Waals surface area contributed by atoms with E-state index in [1.165, 1.54) is 4.90 Å². The molecule has 2 atom stereocenters. The third-order valence-electron chi connectivity index (χ3n) is 5.79. The van der Waals surface area contributed by atoms with Crippen molar-refractivity contribution in [2.24, 2.45) is 0 Å². The SMILES string of the molecule is COc1ccc(-c2ccc(C(=O)N3[C@@H](c4ccccc4Cl)CC[C@H]3C(=O)O)cc2)c(Cl)c1. The number of rotatable bonds is 5. The van der Waals surface area contributed by atoms with Crippen LogP contribution in [0.4, 0.5) is 0 Å². The largest absolute Gasteiger partial charge is 0.497 e. The molecule has 3 aromatic carbocycles. The summed E-state index contributed by atoms with van der Waals surface area (Å²) in [5, 5.41) is 10.8. The highest BCUT2D eigenvalue weighted by Gasteiger charge is 2.42. The van der Waals surface area contributed by atoms with Gasteiger partial charge in [-0.25, -0.2) is 4.79 Å². The Morgan fingerprint density at radius 2 is 1.69 bits per heavy atom. The average molecular weight is 470 g/mol. The monoisotopic (exact) mass is 469 g/mol. The lowest BCUT2D eigenvalue weighted by molar-refractivity contribution is -0.141. The number of halogens is 2. The van der Waals surface area contributed by atoms with E-state index in [4.69, 9.17) is 27.9 Å². The number of carboxylic acids is 1. The minimum Gasteiger partial charge on any atom is -0.497 e. The molecular formula is C25H21Cl2NO4. The quantitative estimate of drug-likeness (QED) is 0.490. The maximum absolute atomic E-state index is 13.4. The van der Waals surface area contributed by atoms with E-state index in [2.05, 4.69) is 0 Å². The lowest BCUT2D eigenvalue weighted by atomic mass is 10.0. The maximum atomic E-state index is 13.4. The van der Waals surface area contributed by atoms with Gasteiger partial charge in [0.25, 0.3) is 5.91 Å². The van der Waals surface area contributed by atoms with Crippen molar-refractivity contribution in [1.82, 2.24) is 4.90 Å². The Kier molecular flexibility index (Phi) is 6.40. The van der Waals surface area contributed by atoms with Gasteiger partial charge in [-0.2, -0.15) is 0 Å². The number of hydrogen-bond acceptors (Lipinski definition) is 3. The van der Waals surface area contributed by atoms with E-state index in [1.54, 1.807) is 43.5 Å². The molecule has 7 heteroatoms. The molecule has 1 fully saturated rings. The van der Waals surface area contributed by atoms with Crippen LogP contribution in [-0.4, -0.2) is 35.0 Å². The van der Waals surface area contributed by atoms with Crippen molar-refractivity contribution in [2.45, 2.75) is 24.9 Å². The third kappa shape index (κ3) is 4.18. The molecule has 164 valence electrons. The number of aliphatic carboxylic acids is 1. The molecule has 0 bridgehead atoms. The fourth-order valence-corrected chi connectivity index (χ4v) is 4.73. The van der Waals surface area contributed by atoms with E-state index in [1.807, 2.05) is 30.3 Å². The summed E-state index contributed by atoms with van der Waals surface area (Å²) in [5.41, 5.74) is 2.81. The zero-order valence-corrected chi connectivity index (χ0v) is 18.8. The molecule has 0 aliphatic carbocycles. The minimum atomic E-state index is -1.02. The summed E-state index contributed by atoms with van der Waals surface area (Å²) in [6.07, 6.45) is 0.905. The number of likely N-dealkylation sites (tertiary alicyclic amines) is 1. The van der Waals surface area contributed by atoms with E-state index >= 15 is 0 Å². The van der Waals surface area contributed by atoms with Crippen LogP contribution in [0.15, 0.2) is 66.7 Å². The number of carboxylic acid groups (broad SMARTS) is 1. The number of methoxy groups -OCH3 is 1. The number of carbonyl (C=O) groups excluding carboxylic acids is 1. The standard InChI is InChI=1S/C25H21Cl2NO4/c1-32-17-10-11-18(21(27)14-17)15-6-8-16(9-7-15)24(29)28-22(12-13-23(28)25(30)31)19-4-2-3-5-20(19)26/h2-11,14,22-23H,12-13H2,1H3,(H,30,31)/t22-,23+/m1/s1. The smallest absolute Gasteiger partial charge is 0.326 e. The summed E-state index contributed by atoms with van der Waals surface area (Å²) >= 11 is 12.7. The van der Waals surface area contributed by atoms with E-state index in [9.17, 15) is 14.7 Å². The first-order valence-corrected chi connectivity index (χ1v) is 10.9. The van der Waals surface area contributed by atoms with Crippen molar-refractivity contribution in [1.29, 1.82) is 0 Å². The molecule has 0 aromatic heterocycles. The Morgan fingerprint density at radius 3 is 2.31 bits per heavy atom. The van der Waals surface area contributed by atoms with E-state index < -0.39 is 18.1 Å². The number of carbonyl (C=O) groups is 2. The molecule has 0 unspecified atom stereocenters. The highest BCUT2D eigenvalue weighted by atomic mass is 35.5. The van der Waals surface area contributed by atoms with Gasteiger partial charge in [-0.3, -0.25) is 4.79 Å². The molecule has 1 saturated heterocycles. The van der Waals surface area contributed by atoms with Crippen LogP contribution < -0.4 is 4.74 Å². The number of amides is 1. The first-order valence-electron chi connectivity index (χ1n) is 10.1. The molecule has 1 N–H and O–H groups in total. The fraction of sp³-hybridized carbons (Fsp3) is 0.200. The summed E-state index contributed by atoms with van der Waals surface area (Å²) in [6.45, 7) is 0. The van der Waals surface area contributed by atoms with Crippen LogP contribution in [0.1, 0.15) is 34.8 Å². The van der Waals surface area contributed by atoms with Gasteiger partial charge in [0.15, 0.2) is 0 Å². The molecule has 3 aromatic rings. The summed E-state index contributed by atoms with van der Waals surface area (Å²) in [4.78, 5) is 26.8. The van der Waals surface area contributed by atoms with Gasteiger partial charge in [0, 0.05) is 16.1 Å². The second kappa shape index (κ2) is 9.23. The van der Waals surface area contributed by atoms with Crippen molar-refractivity contribution in [3.05, 3.63) is 87.9 Å². The second-order valence-corrected chi connectivity index (χ2v) is 8.42. The van der Waals surface area contributed by atoms with Gasteiger partial charge in [0.05, 0.1) is 18.2 Å². The van der Waals surface area contributed by atoms with E-state index in [0.29, 0.717) is 34.2 Å². The van der Waals surface area contributed by atoms with Crippen molar-refractivity contribution < 1.29 is 19.4 Å².